The van der Waals surface area contributed by atoms with Crippen molar-refractivity contribution in [2.45, 2.75) is 122 Å². The van der Waals surface area contributed by atoms with Gasteiger partial charge in [-0.25, -0.2) is 0 Å². The molecule has 0 bridgehead atoms. The molecule has 0 amide bonds. The fraction of sp³-hybridized carbons (Fsp3) is 0.926. The quantitative estimate of drug-likeness (QED) is 0.339. The third kappa shape index (κ3) is 2.47. The SMILES string of the molecule is C=C1C[C@]2(CCC3(CCCC3)C2)[C@@H]2O[C@]2(C)CC[C@@H]2[C@@H]1C[C@]2(C)C1CCCC1. The summed E-state index contributed by atoms with van der Waals surface area (Å²) in [5, 5.41) is 0. The van der Waals surface area contributed by atoms with Crippen LogP contribution in [0.25, 0.3) is 0 Å². The van der Waals surface area contributed by atoms with E-state index in [1.165, 1.54) is 96.3 Å². The number of fused-ring (bicyclic) bond motifs is 3. The van der Waals surface area contributed by atoms with Crippen molar-refractivity contribution in [3.05, 3.63) is 12.2 Å². The first kappa shape index (κ1) is 18.5. The van der Waals surface area contributed by atoms with Gasteiger partial charge >= 0.3 is 0 Å². The Labute approximate surface area is 173 Å². The van der Waals surface area contributed by atoms with E-state index >= 15 is 0 Å². The van der Waals surface area contributed by atoms with E-state index in [2.05, 4.69) is 13.8 Å². The first-order valence-corrected chi connectivity index (χ1v) is 12.7. The second kappa shape index (κ2) is 5.89. The molecule has 1 nitrogen and oxygen atoms in total. The topological polar surface area (TPSA) is 12.5 Å². The first-order valence-electron chi connectivity index (χ1n) is 12.7. The lowest BCUT2D eigenvalue weighted by atomic mass is 9.46. The van der Waals surface area contributed by atoms with E-state index in [1.807, 2.05) is 0 Å². The fourth-order valence-electron chi connectivity index (χ4n) is 9.76. The van der Waals surface area contributed by atoms with Crippen LogP contribution in [-0.2, 0) is 4.74 Å². The van der Waals surface area contributed by atoms with Crippen LogP contribution in [0.15, 0.2) is 12.2 Å². The van der Waals surface area contributed by atoms with Crippen LogP contribution < -0.4 is 0 Å². The third-order valence-electron chi connectivity index (χ3n) is 11.3. The second-order valence-electron chi connectivity index (χ2n) is 12.8. The van der Waals surface area contributed by atoms with Crippen molar-refractivity contribution in [2.75, 3.05) is 0 Å². The maximum Gasteiger partial charge on any atom is 0.0930 e. The Morgan fingerprint density at radius 1 is 0.893 bits per heavy atom. The summed E-state index contributed by atoms with van der Waals surface area (Å²) in [6.45, 7) is 9.91. The number of hydrogen-bond acceptors (Lipinski definition) is 1. The number of rotatable bonds is 1. The van der Waals surface area contributed by atoms with Gasteiger partial charge in [0.15, 0.2) is 0 Å². The number of epoxide rings is 1. The molecule has 156 valence electrons. The van der Waals surface area contributed by atoms with Gasteiger partial charge in [-0.1, -0.05) is 44.8 Å². The van der Waals surface area contributed by atoms with Crippen molar-refractivity contribution in [1.29, 1.82) is 0 Å². The minimum Gasteiger partial charge on any atom is -0.366 e. The summed E-state index contributed by atoms with van der Waals surface area (Å²) < 4.78 is 6.63. The zero-order valence-corrected chi connectivity index (χ0v) is 18.5. The number of hydrogen-bond donors (Lipinski definition) is 0. The predicted molar refractivity (Wildman–Crippen MR) is 115 cm³/mol. The van der Waals surface area contributed by atoms with Crippen LogP contribution in [-0.4, -0.2) is 11.7 Å². The van der Waals surface area contributed by atoms with Gasteiger partial charge in [0.25, 0.3) is 0 Å². The largest absolute Gasteiger partial charge is 0.366 e. The van der Waals surface area contributed by atoms with Gasteiger partial charge in [-0.15, -0.1) is 0 Å². The van der Waals surface area contributed by atoms with E-state index in [9.17, 15) is 0 Å². The van der Waals surface area contributed by atoms with Gasteiger partial charge in [-0.05, 0) is 106 Å². The molecule has 6 rings (SSSR count). The van der Waals surface area contributed by atoms with E-state index in [4.69, 9.17) is 11.3 Å². The molecule has 6 fully saturated rings. The molecule has 5 aliphatic carbocycles. The summed E-state index contributed by atoms with van der Waals surface area (Å²) >= 11 is 0. The highest BCUT2D eigenvalue weighted by Gasteiger charge is 2.68. The van der Waals surface area contributed by atoms with Crippen molar-refractivity contribution in [3.63, 3.8) is 0 Å². The first-order chi connectivity index (χ1) is 13.4. The molecule has 1 aliphatic heterocycles. The van der Waals surface area contributed by atoms with Gasteiger partial charge in [0, 0.05) is 5.41 Å². The Bertz CT molecular complexity index is 668. The average Bonchev–Trinajstić information content (AvgIpc) is 3.15. The van der Waals surface area contributed by atoms with Crippen molar-refractivity contribution < 1.29 is 4.74 Å². The zero-order chi connectivity index (χ0) is 19.2. The molecule has 0 radical (unpaired) electrons. The van der Waals surface area contributed by atoms with Crippen molar-refractivity contribution >= 4 is 0 Å². The van der Waals surface area contributed by atoms with Gasteiger partial charge in [-0.3, -0.25) is 0 Å². The van der Waals surface area contributed by atoms with Crippen LogP contribution >= 0.6 is 0 Å². The van der Waals surface area contributed by atoms with Gasteiger partial charge in [0.1, 0.15) is 0 Å². The summed E-state index contributed by atoms with van der Waals surface area (Å²) in [5.41, 5.74) is 3.54. The molecular formula is C27H42O. The van der Waals surface area contributed by atoms with Gasteiger partial charge in [0.05, 0.1) is 11.7 Å². The van der Waals surface area contributed by atoms with Gasteiger partial charge in [-0.2, -0.15) is 0 Å². The smallest absolute Gasteiger partial charge is 0.0930 e. The number of ether oxygens (including phenoxy) is 1. The van der Waals surface area contributed by atoms with Gasteiger partial charge < -0.3 is 4.74 Å². The third-order valence-corrected chi connectivity index (χ3v) is 11.3. The molecule has 5 saturated carbocycles. The average molecular weight is 383 g/mol. The second-order valence-corrected chi connectivity index (χ2v) is 12.8. The molecule has 1 heterocycles. The molecule has 6 atom stereocenters. The molecule has 0 aromatic heterocycles. The Morgan fingerprint density at radius 2 is 1.64 bits per heavy atom. The van der Waals surface area contributed by atoms with E-state index in [0.717, 1.165) is 17.8 Å². The maximum atomic E-state index is 6.63. The van der Waals surface area contributed by atoms with Crippen molar-refractivity contribution in [3.8, 4) is 0 Å². The highest BCUT2D eigenvalue weighted by atomic mass is 16.6. The summed E-state index contributed by atoms with van der Waals surface area (Å²) in [6.07, 6.45) is 22.2. The molecule has 6 aliphatic rings. The summed E-state index contributed by atoms with van der Waals surface area (Å²) in [4.78, 5) is 0. The van der Waals surface area contributed by atoms with Crippen LogP contribution in [0.4, 0.5) is 0 Å². The maximum absolute atomic E-state index is 6.63. The van der Waals surface area contributed by atoms with Gasteiger partial charge in [0.2, 0.25) is 0 Å². The Balaban J connectivity index is 1.28. The normalized spacial score (nSPS) is 52.8. The lowest BCUT2D eigenvalue weighted by Crippen LogP contribution is -2.51. The van der Waals surface area contributed by atoms with E-state index in [0.29, 0.717) is 22.3 Å². The number of allylic oxidation sites excluding steroid dienone is 1. The minimum atomic E-state index is 0.186. The monoisotopic (exact) mass is 382 g/mol. The Morgan fingerprint density at radius 3 is 2.39 bits per heavy atom. The predicted octanol–water partition coefficient (Wildman–Crippen LogP) is 7.45. The molecule has 0 aromatic carbocycles. The fourth-order valence-corrected chi connectivity index (χ4v) is 9.76. The molecule has 1 saturated heterocycles. The Kier molecular flexibility index (Phi) is 3.89. The molecule has 0 N–H and O–H groups in total. The van der Waals surface area contributed by atoms with Crippen LogP contribution in [0.5, 0.6) is 0 Å². The van der Waals surface area contributed by atoms with E-state index < -0.39 is 0 Å². The van der Waals surface area contributed by atoms with E-state index in [1.54, 1.807) is 5.57 Å². The van der Waals surface area contributed by atoms with Crippen molar-refractivity contribution in [2.24, 2.45) is 34.0 Å². The summed E-state index contributed by atoms with van der Waals surface area (Å²) in [5.74, 6) is 2.71. The highest BCUT2D eigenvalue weighted by Crippen LogP contribution is 2.71. The summed E-state index contributed by atoms with van der Waals surface area (Å²) in [6, 6.07) is 0. The molecule has 0 unspecified atom stereocenters. The standard InChI is InChI=1S/C27H42O/c1-19-16-27(15-14-26(18-27)11-6-7-12-26)23-25(3,28-23)13-10-22-21(19)17-24(22,2)20-8-4-5-9-20/h20-23H,1,4-18H2,2-3H3/t21-,22-,23-,24-,25-,27+/m1/s1. The molecule has 0 aromatic rings. The molecule has 28 heavy (non-hydrogen) atoms. The Hall–Kier alpha value is -0.300. The summed E-state index contributed by atoms with van der Waals surface area (Å²) in [7, 11) is 0. The minimum absolute atomic E-state index is 0.186. The van der Waals surface area contributed by atoms with Crippen molar-refractivity contribution in [1.82, 2.24) is 0 Å². The zero-order valence-electron chi connectivity index (χ0n) is 18.5. The lowest BCUT2D eigenvalue weighted by molar-refractivity contribution is -0.0683. The van der Waals surface area contributed by atoms with Crippen LogP contribution in [0.3, 0.4) is 0 Å². The molecule has 2 spiro atoms. The van der Waals surface area contributed by atoms with Crippen LogP contribution in [0.1, 0.15) is 110 Å². The van der Waals surface area contributed by atoms with Crippen LogP contribution in [0.2, 0.25) is 0 Å². The lowest BCUT2D eigenvalue weighted by Gasteiger charge is -2.58. The van der Waals surface area contributed by atoms with Crippen LogP contribution in [0, 0.1) is 34.0 Å². The molecular weight excluding hydrogens is 340 g/mol. The van der Waals surface area contributed by atoms with E-state index in [-0.39, 0.29) is 5.60 Å². The molecule has 1 heteroatoms. The highest BCUT2D eigenvalue weighted by molar-refractivity contribution is 5.24.